The number of aliphatic hydroxyl groups is 1. The number of carbonyl (C=O) groups is 1. The van der Waals surface area contributed by atoms with Crippen LogP contribution < -0.4 is 4.74 Å². The highest BCUT2D eigenvalue weighted by Crippen LogP contribution is 2.63. The van der Waals surface area contributed by atoms with Gasteiger partial charge >= 0.3 is 0 Å². The number of ketones is 1. The third kappa shape index (κ3) is 1.54. The molecule has 0 unspecified atom stereocenters. The first-order chi connectivity index (χ1) is 10.5. The van der Waals surface area contributed by atoms with Crippen LogP contribution in [0.15, 0.2) is 12.1 Å². The molecular formula is C18H22O4. The number of aromatic hydroxyl groups is 1. The van der Waals surface area contributed by atoms with E-state index in [4.69, 9.17) is 4.74 Å². The summed E-state index contributed by atoms with van der Waals surface area (Å²) in [7, 11) is 1.55. The van der Waals surface area contributed by atoms with Crippen molar-refractivity contribution in [2.75, 3.05) is 7.11 Å². The summed E-state index contributed by atoms with van der Waals surface area (Å²) in [5, 5.41) is 21.8. The van der Waals surface area contributed by atoms with Crippen molar-refractivity contribution in [3.63, 3.8) is 0 Å². The normalized spacial score (nSPS) is 36.5. The van der Waals surface area contributed by atoms with Gasteiger partial charge in [0.15, 0.2) is 11.5 Å². The Morgan fingerprint density at radius 2 is 2.14 bits per heavy atom. The van der Waals surface area contributed by atoms with E-state index in [0.717, 1.165) is 36.8 Å². The summed E-state index contributed by atoms with van der Waals surface area (Å²) in [5.41, 5.74) is 0.594. The highest BCUT2D eigenvalue weighted by atomic mass is 16.5. The van der Waals surface area contributed by atoms with E-state index in [-0.39, 0.29) is 17.5 Å². The van der Waals surface area contributed by atoms with Crippen molar-refractivity contribution in [2.45, 2.75) is 56.0 Å². The number of rotatable bonds is 1. The van der Waals surface area contributed by atoms with Crippen molar-refractivity contribution >= 4 is 5.78 Å². The average molecular weight is 302 g/mol. The smallest absolute Gasteiger partial charge is 0.164 e. The number of methoxy groups -OCH3 is 1. The lowest BCUT2D eigenvalue weighted by Crippen LogP contribution is -2.64. The van der Waals surface area contributed by atoms with Gasteiger partial charge in [-0.05, 0) is 43.2 Å². The highest BCUT2D eigenvalue weighted by Gasteiger charge is 2.63. The Labute approximate surface area is 130 Å². The molecule has 0 aromatic heterocycles. The number of Topliss-reactive ketones (excluding diaryl/α,β-unsaturated/α-hetero) is 1. The molecule has 3 aliphatic carbocycles. The van der Waals surface area contributed by atoms with Crippen LogP contribution in [0.2, 0.25) is 0 Å². The minimum Gasteiger partial charge on any atom is -0.504 e. The summed E-state index contributed by atoms with van der Waals surface area (Å²) in [6, 6.07) is 3.60. The van der Waals surface area contributed by atoms with Gasteiger partial charge in [-0.1, -0.05) is 12.5 Å². The Morgan fingerprint density at radius 1 is 1.32 bits per heavy atom. The number of carbonyl (C=O) groups excluding carboxylic acids is 1. The number of hydrogen-bond donors (Lipinski definition) is 2. The van der Waals surface area contributed by atoms with Gasteiger partial charge in [-0.3, -0.25) is 4.79 Å². The molecular weight excluding hydrogens is 280 g/mol. The van der Waals surface area contributed by atoms with Crippen LogP contribution in [0.1, 0.15) is 49.7 Å². The van der Waals surface area contributed by atoms with Crippen LogP contribution in [0.25, 0.3) is 0 Å². The molecule has 0 heterocycles. The lowest BCUT2D eigenvalue weighted by molar-refractivity contribution is -0.160. The number of benzene rings is 1. The van der Waals surface area contributed by atoms with E-state index in [2.05, 4.69) is 0 Å². The lowest BCUT2D eigenvalue weighted by Gasteiger charge is -2.60. The fraction of sp³-hybridized carbons (Fsp3) is 0.611. The van der Waals surface area contributed by atoms with Gasteiger partial charge in [0.2, 0.25) is 0 Å². The molecule has 4 heteroatoms. The molecule has 2 N–H and O–H groups in total. The molecule has 1 aromatic carbocycles. The Hall–Kier alpha value is -1.55. The highest BCUT2D eigenvalue weighted by molar-refractivity contribution is 5.83. The maximum atomic E-state index is 12.2. The first-order valence-corrected chi connectivity index (χ1v) is 8.15. The van der Waals surface area contributed by atoms with Crippen molar-refractivity contribution in [1.29, 1.82) is 0 Å². The Balaban J connectivity index is 2.03. The van der Waals surface area contributed by atoms with Gasteiger partial charge in [0.1, 0.15) is 5.78 Å². The van der Waals surface area contributed by atoms with Crippen molar-refractivity contribution in [2.24, 2.45) is 5.92 Å². The number of ether oxygens (including phenoxy) is 1. The number of phenols is 1. The zero-order valence-electron chi connectivity index (χ0n) is 12.9. The second-order valence-corrected chi connectivity index (χ2v) is 7.17. The summed E-state index contributed by atoms with van der Waals surface area (Å²) in [4.78, 5) is 12.2. The summed E-state index contributed by atoms with van der Waals surface area (Å²) in [6.07, 6.45) is 4.98. The van der Waals surface area contributed by atoms with E-state index in [9.17, 15) is 15.0 Å². The zero-order chi connectivity index (χ0) is 15.5. The van der Waals surface area contributed by atoms with Crippen molar-refractivity contribution in [3.05, 3.63) is 23.3 Å². The molecule has 2 fully saturated rings. The predicted molar refractivity (Wildman–Crippen MR) is 81.2 cm³/mol. The third-order valence-electron chi connectivity index (χ3n) is 6.32. The molecule has 2 saturated carbocycles. The Bertz CT molecular complexity index is 653. The third-order valence-corrected chi connectivity index (χ3v) is 6.32. The van der Waals surface area contributed by atoms with Crippen LogP contribution >= 0.6 is 0 Å². The van der Waals surface area contributed by atoms with Crippen LogP contribution in [0.4, 0.5) is 0 Å². The van der Waals surface area contributed by atoms with E-state index in [0.29, 0.717) is 25.0 Å². The van der Waals surface area contributed by atoms with Crippen LogP contribution in [0.5, 0.6) is 11.5 Å². The first-order valence-electron chi connectivity index (χ1n) is 8.15. The monoisotopic (exact) mass is 302 g/mol. The second-order valence-electron chi connectivity index (χ2n) is 7.17. The average Bonchev–Trinajstić information content (AvgIpc) is 2.48. The van der Waals surface area contributed by atoms with E-state index in [1.807, 2.05) is 6.07 Å². The maximum absolute atomic E-state index is 12.2. The quantitative estimate of drug-likeness (QED) is 0.836. The maximum Gasteiger partial charge on any atom is 0.164 e. The van der Waals surface area contributed by atoms with Crippen LogP contribution in [0.3, 0.4) is 0 Å². The second kappa shape index (κ2) is 4.48. The van der Waals surface area contributed by atoms with Gasteiger partial charge in [-0.15, -0.1) is 0 Å². The molecule has 4 nitrogen and oxygen atoms in total. The van der Waals surface area contributed by atoms with Crippen molar-refractivity contribution < 1.29 is 19.7 Å². The minimum atomic E-state index is -0.840. The summed E-state index contributed by atoms with van der Waals surface area (Å²) in [5.74, 6) is 0.964. The molecule has 0 amide bonds. The molecule has 0 saturated heterocycles. The SMILES string of the molecule is COc1c(O)ccc2c1[C@]13CCC[C@H](C2)[C@]1(O)CCC(=O)C3. The van der Waals surface area contributed by atoms with Gasteiger partial charge in [-0.2, -0.15) is 0 Å². The van der Waals surface area contributed by atoms with Gasteiger partial charge in [0.05, 0.1) is 12.7 Å². The summed E-state index contributed by atoms with van der Waals surface area (Å²) >= 11 is 0. The molecule has 22 heavy (non-hydrogen) atoms. The molecule has 0 aliphatic heterocycles. The molecule has 3 aliphatic rings. The van der Waals surface area contributed by atoms with Crippen molar-refractivity contribution in [1.82, 2.24) is 0 Å². The molecule has 118 valence electrons. The first kappa shape index (κ1) is 14.1. The topological polar surface area (TPSA) is 66.8 Å². The van der Waals surface area contributed by atoms with E-state index in [1.54, 1.807) is 13.2 Å². The van der Waals surface area contributed by atoms with Gasteiger partial charge < -0.3 is 14.9 Å². The molecule has 1 aromatic rings. The van der Waals surface area contributed by atoms with Gasteiger partial charge in [0, 0.05) is 23.8 Å². The van der Waals surface area contributed by atoms with Crippen LogP contribution in [-0.4, -0.2) is 28.7 Å². The van der Waals surface area contributed by atoms with E-state index in [1.165, 1.54) is 0 Å². The van der Waals surface area contributed by atoms with E-state index < -0.39 is 11.0 Å². The van der Waals surface area contributed by atoms with Crippen LogP contribution in [0, 0.1) is 5.92 Å². The Kier molecular flexibility index (Phi) is 2.86. The lowest BCUT2D eigenvalue weighted by atomic mass is 9.46. The van der Waals surface area contributed by atoms with E-state index >= 15 is 0 Å². The molecule has 0 spiro atoms. The fourth-order valence-electron chi connectivity index (χ4n) is 5.42. The molecule has 4 rings (SSSR count). The summed E-state index contributed by atoms with van der Waals surface area (Å²) in [6.45, 7) is 0. The van der Waals surface area contributed by atoms with Crippen molar-refractivity contribution in [3.8, 4) is 11.5 Å². The summed E-state index contributed by atoms with van der Waals surface area (Å²) < 4.78 is 5.49. The van der Waals surface area contributed by atoms with Gasteiger partial charge in [0.25, 0.3) is 0 Å². The number of fused-ring (bicyclic) bond motifs is 1. The molecule has 0 radical (unpaired) electrons. The minimum absolute atomic E-state index is 0.0972. The molecule has 3 atom stereocenters. The van der Waals surface area contributed by atoms with Crippen LogP contribution in [-0.2, 0) is 16.6 Å². The van der Waals surface area contributed by atoms with Gasteiger partial charge in [-0.25, -0.2) is 0 Å². The molecule has 2 bridgehead atoms. The zero-order valence-corrected chi connectivity index (χ0v) is 12.9. The number of hydrogen-bond acceptors (Lipinski definition) is 4. The fourth-order valence-corrected chi connectivity index (χ4v) is 5.42. The Morgan fingerprint density at radius 3 is 2.91 bits per heavy atom. The predicted octanol–water partition coefficient (Wildman–Crippen LogP) is 2.48. The number of phenolic OH excluding ortho intramolecular Hbond substituents is 1. The standard InChI is InChI=1S/C18H22O4/c1-22-16-14(20)5-4-11-9-12-3-2-7-17(15(11)16)10-13(19)6-8-18(12,17)21/h4-5,12,20-21H,2-3,6-10H2,1H3/t12-,17-,18-/m1/s1. The largest absolute Gasteiger partial charge is 0.504 e.